The highest BCUT2D eigenvalue weighted by atomic mass is 79.9. The number of pyridine rings is 1. The molecule has 4 heteroatoms. The molecule has 0 saturated heterocycles. The second-order valence-electron chi connectivity index (χ2n) is 4.52. The summed E-state index contributed by atoms with van der Waals surface area (Å²) in [6.45, 7) is 1.52. The van der Waals surface area contributed by atoms with Crippen molar-refractivity contribution in [2.75, 3.05) is 18.5 Å². The molecular weight excluding hydrogens is 302 g/mol. The molecule has 0 unspecified atom stereocenters. The minimum absolute atomic E-state index is 0.659. The second-order valence-corrected chi connectivity index (χ2v) is 5.44. The van der Waals surface area contributed by atoms with Crippen molar-refractivity contribution >= 4 is 21.6 Å². The van der Waals surface area contributed by atoms with Crippen LogP contribution in [0.2, 0.25) is 0 Å². The van der Waals surface area contributed by atoms with E-state index in [2.05, 4.69) is 51.1 Å². The standard InChI is InChI=1S/C15H18BrN3/c1-19(11-12-5-8-18-9-6-12)15-3-2-14(16)10-13(15)4-7-17/h2-3,5-6,8-10H,4,7,11,17H2,1H3. The average molecular weight is 320 g/mol. The maximum atomic E-state index is 5.69. The summed E-state index contributed by atoms with van der Waals surface area (Å²) in [7, 11) is 2.10. The van der Waals surface area contributed by atoms with Gasteiger partial charge in [-0.15, -0.1) is 0 Å². The Morgan fingerprint density at radius 3 is 2.63 bits per heavy atom. The third-order valence-electron chi connectivity index (χ3n) is 3.04. The van der Waals surface area contributed by atoms with E-state index in [1.54, 1.807) is 0 Å². The molecule has 0 amide bonds. The van der Waals surface area contributed by atoms with Gasteiger partial charge in [0.25, 0.3) is 0 Å². The molecule has 0 spiro atoms. The molecule has 0 aliphatic carbocycles. The van der Waals surface area contributed by atoms with Gasteiger partial charge < -0.3 is 10.6 Å². The van der Waals surface area contributed by atoms with Crippen LogP contribution in [-0.4, -0.2) is 18.6 Å². The third-order valence-corrected chi connectivity index (χ3v) is 3.53. The molecule has 0 fully saturated rings. The quantitative estimate of drug-likeness (QED) is 0.921. The highest BCUT2D eigenvalue weighted by molar-refractivity contribution is 9.10. The fourth-order valence-corrected chi connectivity index (χ4v) is 2.54. The summed E-state index contributed by atoms with van der Waals surface area (Å²) in [6.07, 6.45) is 4.53. The lowest BCUT2D eigenvalue weighted by Crippen LogP contribution is -2.19. The van der Waals surface area contributed by atoms with Crippen LogP contribution >= 0.6 is 15.9 Å². The van der Waals surface area contributed by atoms with Crippen LogP contribution < -0.4 is 10.6 Å². The summed E-state index contributed by atoms with van der Waals surface area (Å²) in [4.78, 5) is 6.29. The van der Waals surface area contributed by atoms with Crippen molar-refractivity contribution in [2.45, 2.75) is 13.0 Å². The van der Waals surface area contributed by atoms with Crippen LogP contribution in [0.3, 0.4) is 0 Å². The summed E-state index contributed by atoms with van der Waals surface area (Å²) >= 11 is 3.51. The van der Waals surface area contributed by atoms with Gasteiger partial charge in [-0.1, -0.05) is 15.9 Å². The second kappa shape index (κ2) is 6.68. The number of halogens is 1. The van der Waals surface area contributed by atoms with E-state index >= 15 is 0 Å². The van der Waals surface area contributed by atoms with Gasteiger partial charge in [0.15, 0.2) is 0 Å². The monoisotopic (exact) mass is 319 g/mol. The summed E-state index contributed by atoms with van der Waals surface area (Å²) in [5.74, 6) is 0. The van der Waals surface area contributed by atoms with Crippen molar-refractivity contribution in [1.29, 1.82) is 0 Å². The van der Waals surface area contributed by atoms with Gasteiger partial charge in [-0.2, -0.15) is 0 Å². The van der Waals surface area contributed by atoms with Gasteiger partial charge in [0.05, 0.1) is 0 Å². The molecule has 19 heavy (non-hydrogen) atoms. The summed E-state index contributed by atoms with van der Waals surface area (Å²) < 4.78 is 1.09. The topological polar surface area (TPSA) is 42.2 Å². The van der Waals surface area contributed by atoms with E-state index in [0.29, 0.717) is 6.54 Å². The van der Waals surface area contributed by atoms with E-state index in [0.717, 1.165) is 17.4 Å². The highest BCUT2D eigenvalue weighted by Gasteiger charge is 2.08. The van der Waals surface area contributed by atoms with Crippen molar-refractivity contribution < 1.29 is 0 Å². The largest absolute Gasteiger partial charge is 0.370 e. The van der Waals surface area contributed by atoms with Gasteiger partial charge in [0, 0.05) is 36.1 Å². The third kappa shape index (κ3) is 3.78. The smallest absolute Gasteiger partial charge is 0.0427 e. The number of hydrogen-bond acceptors (Lipinski definition) is 3. The molecule has 0 radical (unpaired) electrons. The van der Waals surface area contributed by atoms with Gasteiger partial charge in [0.2, 0.25) is 0 Å². The molecule has 0 bridgehead atoms. The Hall–Kier alpha value is -1.39. The molecule has 0 aliphatic rings. The van der Waals surface area contributed by atoms with Crippen LogP contribution in [-0.2, 0) is 13.0 Å². The molecule has 100 valence electrons. The first-order chi connectivity index (χ1) is 9.20. The zero-order chi connectivity index (χ0) is 13.7. The van der Waals surface area contributed by atoms with E-state index in [4.69, 9.17) is 5.73 Å². The number of nitrogens with zero attached hydrogens (tertiary/aromatic N) is 2. The first-order valence-corrected chi connectivity index (χ1v) is 7.08. The van der Waals surface area contributed by atoms with Crippen molar-refractivity contribution in [2.24, 2.45) is 5.73 Å². The molecule has 1 aromatic heterocycles. The summed E-state index contributed by atoms with van der Waals surface area (Å²) in [5, 5.41) is 0. The van der Waals surface area contributed by atoms with Gasteiger partial charge in [-0.25, -0.2) is 0 Å². The molecule has 0 aliphatic heterocycles. The summed E-state index contributed by atoms with van der Waals surface area (Å²) in [6, 6.07) is 10.4. The average Bonchev–Trinajstić information content (AvgIpc) is 2.40. The predicted octanol–water partition coefficient (Wildman–Crippen LogP) is 2.98. The minimum atomic E-state index is 0.659. The number of benzene rings is 1. The van der Waals surface area contributed by atoms with Crippen LogP contribution in [0.1, 0.15) is 11.1 Å². The lowest BCUT2D eigenvalue weighted by atomic mass is 10.1. The van der Waals surface area contributed by atoms with E-state index in [9.17, 15) is 0 Å². The normalized spacial score (nSPS) is 10.5. The van der Waals surface area contributed by atoms with Gasteiger partial charge in [0.1, 0.15) is 0 Å². The molecule has 2 rings (SSSR count). The zero-order valence-electron chi connectivity index (χ0n) is 11.0. The van der Waals surface area contributed by atoms with E-state index in [-0.39, 0.29) is 0 Å². The van der Waals surface area contributed by atoms with Crippen LogP contribution in [0.4, 0.5) is 5.69 Å². The molecule has 1 aromatic carbocycles. The lowest BCUT2D eigenvalue weighted by molar-refractivity contribution is 0.890. The number of anilines is 1. The van der Waals surface area contributed by atoms with Gasteiger partial charge in [-0.3, -0.25) is 4.98 Å². The Labute approximate surface area is 122 Å². The lowest BCUT2D eigenvalue weighted by Gasteiger charge is -2.23. The molecular formula is C15H18BrN3. The molecule has 1 heterocycles. The van der Waals surface area contributed by atoms with Crippen molar-refractivity contribution in [3.63, 3.8) is 0 Å². The highest BCUT2D eigenvalue weighted by Crippen LogP contribution is 2.25. The Morgan fingerprint density at radius 1 is 1.21 bits per heavy atom. The number of hydrogen-bond donors (Lipinski definition) is 1. The molecule has 2 N–H and O–H groups in total. The summed E-state index contributed by atoms with van der Waals surface area (Å²) in [5.41, 5.74) is 9.44. The van der Waals surface area contributed by atoms with Gasteiger partial charge >= 0.3 is 0 Å². The maximum Gasteiger partial charge on any atom is 0.0427 e. The van der Waals surface area contributed by atoms with E-state index in [1.807, 2.05) is 24.5 Å². The minimum Gasteiger partial charge on any atom is -0.370 e. The maximum absolute atomic E-state index is 5.69. The number of rotatable bonds is 5. The molecule has 3 nitrogen and oxygen atoms in total. The first kappa shape index (κ1) is 14.0. The molecule has 0 saturated carbocycles. The van der Waals surface area contributed by atoms with E-state index in [1.165, 1.54) is 16.8 Å². The Morgan fingerprint density at radius 2 is 1.95 bits per heavy atom. The Kier molecular flexibility index (Phi) is 4.93. The fourth-order valence-electron chi connectivity index (χ4n) is 2.13. The Balaban J connectivity index is 2.20. The first-order valence-electron chi connectivity index (χ1n) is 6.29. The van der Waals surface area contributed by atoms with Crippen molar-refractivity contribution in [3.8, 4) is 0 Å². The number of aromatic nitrogens is 1. The molecule has 0 atom stereocenters. The SMILES string of the molecule is CN(Cc1ccncc1)c1ccc(Br)cc1CCN. The predicted molar refractivity (Wildman–Crippen MR) is 83.2 cm³/mol. The van der Waals surface area contributed by atoms with Crippen molar-refractivity contribution in [1.82, 2.24) is 4.98 Å². The van der Waals surface area contributed by atoms with Crippen LogP contribution in [0, 0.1) is 0 Å². The van der Waals surface area contributed by atoms with Crippen molar-refractivity contribution in [3.05, 3.63) is 58.3 Å². The van der Waals surface area contributed by atoms with Crippen LogP contribution in [0.15, 0.2) is 47.2 Å². The Bertz CT molecular complexity index is 528. The molecule has 2 aromatic rings. The zero-order valence-corrected chi connectivity index (χ0v) is 12.6. The van der Waals surface area contributed by atoms with Crippen LogP contribution in [0.25, 0.3) is 0 Å². The number of nitrogens with two attached hydrogens (primary N) is 1. The fraction of sp³-hybridized carbons (Fsp3) is 0.267. The van der Waals surface area contributed by atoms with Crippen LogP contribution in [0.5, 0.6) is 0 Å². The van der Waals surface area contributed by atoms with Gasteiger partial charge in [-0.05, 0) is 54.4 Å². The van der Waals surface area contributed by atoms with E-state index < -0.39 is 0 Å².